The maximum atomic E-state index is 11.6. The van der Waals surface area contributed by atoms with Crippen LogP contribution in [0.1, 0.15) is 52.9 Å². The Balaban J connectivity index is 2.44. The van der Waals surface area contributed by atoms with Gasteiger partial charge in [-0.05, 0) is 37.5 Å². The van der Waals surface area contributed by atoms with Crippen LogP contribution in [-0.4, -0.2) is 23.9 Å². The lowest BCUT2D eigenvalue weighted by Gasteiger charge is -2.31. The number of alkyl halides is 1. The summed E-state index contributed by atoms with van der Waals surface area (Å²) in [7, 11) is 0. The van der Waals surface area contributed by atoms with E-state index < -0.39 is 17.3 Å². The fourth-order valence-electron chi connectivity index (χ4n) is 2.97. The third kappa shape index (κ3) is 5.39. The predicted molar refractivity (Wildman–Crippen MR) is 77.2 cm³/mol. The first-order chi connectivity index (χ1) is 8.84. The first-order valence-corrected chi connectivity index (χ1v) is 7.51. The highest BCUT2D eigenvalue weighted by atomic mass is 35.5. The standard InChI is InChI=1S/C14H25ClN2O2/c1-10(2)8-14(6-4-5-7-14)9-16-13(19)17-12(18)11(3)15/h10-11H,4-9H2,1-3H3,(H2,16,17,18,19). The van der Waals surface area contributed by atoms with Gasteiger partial charge in [0.2, 0.25) is 5.91 Å². The van der Waals surface area contributed by atoms with Crippen molar-refractivity contribution in [2.24, 2.45) is 11.3 Å². The molecule has 0 radical (unpaired) electrons. The molecule has 0 saturated heterocycles. The smallest absolute Gasteiger partial charge is 0.321 e. The Hall–Kier alpha value is -0.770. The number of carbonyl (C=O) groups excluding carboxylic acids is 2. The van der Waals surface area contributed by atoms with Crippen molar-refractivity contribution in [3.8, 4) is 0 Å². The van der Waals surface area contributed by atoms with Crippen molar-refractivity contribution < 1.29 is 9.59 Å². The normalized spacial score (nSPS) is 19.2. The molecule has 4 nitrogen and oxygen atoms in total. The zero-order valence-electron chi connectivity index (χ0n) is 12.1. The monoisotopic (exact) mass is 288 g/mol. The molecular formula is C14H25ClN2O2. The Morgan fingerprint density at radius 2 is 1.79 bits per heavy atom. The minimum absolute atomic E-state index is 0.209. The summed E-state index contributed by atoms with van der Waals surface area (Å²) >= 11 is 5.60. The van der Waals surface area contributed by atoms with Gasteiger partial charge in [-0.15, -0.1) is 11.6 Å². The molecule has 1 saturated carbocycles. The molecule has 1 rings (SSSR count). The predicted octanol–water partition coefficient (Wildman–Crippen LogP) is 3.05. The van der Waals surface area contributed by atoms with Gasteiger partial charge in [-0.2, -0.15) is 0 Å². The van der Waals surface area contributed by atoms with Crippen molar-refractivity contribution >= 4 is 23.5 Å². The van der Waals surface area contributed by atoms with Gasteiger partial charge >= 0.3 is 6.03 Å². The topological polar surface area (TPSA) is 58.2 Å². The summed E-state index contributed by atoms with van der Waals surface area (Å²) in [6.07, 6.45) is 5.89. The van der Waals surface area contributed by atoms with Crippen LogP contribution >= 0.6 is 11.6 Å². The molecule has 0 aromatic rings. The van der Waals surface area contributed by atoms with Gasteiger partial charge in [-0.25, -0.2) is 4.79 Å². The van der Waals surface area contributed by atoms with Crippen LogP contribution in [0.15, 0.2) is 0 Å². The summed E-state index contributed by atoms with van der Waals surface area (Å²) < 4.78 is 0. The lowest BCUT2D eigenvalue weighted by molar-refractivity contribution is -0.119. The minimum Gasteiger partial charge on any atom is -0.337 e. The largest absolute Gasteiger partial charge is 0.337 e. The van der Waals surface area contributed by atoms with Crippen molar-refractivity contribution in [3.63, 3.8) is 0 Å². The van der Waals surface area contributed by atoms with Gasteiger partial charge in [0, 0.05) is 6.54 Å². The van der Waals surface area contributed by atoms with Gasteiger partial charge in [-0.1, -0.05) is 26.7 Å². The Morgan fingerprint density at radius 1 is 1.21 bits per heavy atom. The fraction of sp³-hybridized carbons (Fsp3) is 0.857. The number of carbonyl (C=O) groups is 2. The highest BCUT2D eigenvalue weighted by Gasteiger charge is 2.34. The number of hydrogen-bond donors (Lipinski definition) is 2. The van der Waals surface area contributed by atoms with E-state index in [1.807, 2.05) is 0 Å². The minimum atomic E-state index is -0.693. The number of urea groups is 1. The summed E-state index contributed by atoms with van der Waals surface area (Å²) in [5.41, 5.74) is 0.209. The van der Waals surface area contributed by atoms with E-state index in [0.717, 1.165) is 19.3 Å². The SMILES string of the molecule is CC(C)CC1(CNC(=O)NC(=O)C(C)Cl)CCCC1. The Labute approximate surface area is 120 Å². The molecule has 2 N–H and O–H groups in total. The van der Waals surface area contributed by atoms with Crippen LogP contribution in [0.25, 0.3) is 0 Å². The molecule has 1 aliphatic carbocycles. The zero-order valence-corrected chi connectivity index (χ0v) is 12.8. The third-order valence-corrected chi connectivity index (χ3v) is 3.93. The van der Waals surface area contributed by atoms with Crippen molar-refractivity contribution in [2.75, 3.05) is 6.54 Å². The van der Waals surface area contributed by atoms with Crippen molar-refractivity contribution in [2.45, 2.75) is 58.3 Å². The van der Waals surface area contributed by atoms with Crippen LogP contribution in [0.5, 0.6) is 0 Å². The molecule has 1 fully saturated rings. The van der Waals surface area contributed by atoms with Crippen LogP contribution in [0, 0.1) is 11.3 Å². The lowest BCUT2D eigenvalue weighted by Crippen LogP contribution is -2.46. The van der Waals surface area contributed by atoms with Gasteiger partial charge < -0.3 is 5.32 Å². The first-order valence-electron chi connectivity index (χ1n) is 7.07. The second-order valence-electron chi connectivity index (χ2n) is 6.09. The van der Waals surface area contributed by atoms with E-state index in [2.05, 4.69) is 24.5 Å². The average molecular weight is 289 g/mol. The van der Waals surface area contributed by atoms with Crippen molar-refractivity contribution in [1.82, 2.24) is 10.6 Å². The number of hydrogen-bond acceptors (Lipinski definition) is 2. The molecule has 0 aromatic carbocycles. The summed E-state index contributed by atoms with van der Waals surface area (Å²) in [4.78, 5) is 22.9. The fourth-order valence-corrected chi connectivity index (χ4v) is 3.02. The molecule has 0 bridgehead atoms. The third-order valence-electron chi connectivity index (χ3n) is 3.73. The number of halogens is 1. The average Bonchev–Trinajstić information content (AvgIpc) is 2.74. The van der Waals surface area contributed by atoms with E-state index in [4.69, 9.17) is 11.6 Å². The van der Waals surface area contributed by atoms with E-state index in [1.165, 1.54) is 12.8 Å². The molecule has 0 spiro atoms. The molecule has 0 heterocycles. The molecular weight excluding hydrogens is 264 g/mol. The maximum absolute atomic E-state index is 11.6. The molecule has 1 aliphatic rings. The van der Waals surface area contributed by atoms with Crippen LogP contribution < -0.4 is 10.6 Å². The van der Waals surface area contributed by atoms with E-state index in [1.54, 1.807) is 6.92 Å². The van der Waals surface area contributed by atoms with Gasteiger partial charge in [0.15, 0.2) is 0 Å². The summed E-state index contributed by atoms with van der Waals surface area (Å²) in [6, 6.07) is -0.437. The molecule has 0 aliphatic heterocycles. The second kappa shape index (κ2) is 7.13. The maximum Gasteiger partial charge on any atom is 0.321 e. The molecule has 3 amide bonds. The lowest BCUT2D eigenvalue weighted by atomic mass is 9.78. The summed E-state index contributed by atoms with van der Waals surface area (Å²) in [5.74, 6) is 0.163. The Morgan fingerprint density at radius 3 is 2.26 bits per heavy atom. The summed E-state index contributed by atoms with van der Waals surface area (Å²) in [5, 5.41) is 4.39. The highest BCUT2D eigenvalue weighted by Crippen LogP contribution is 2.42. The molecule has 5 heteroatoms. The van der Waals surface area contributed by atoms with Gasteiger partial charge in [0.1, 0.15) is 5.38 Å². The number of imide groups is 1. The molecule has 19 heavy (non-hydrogen) atoms. The number of nitrogens with one attached hydrogen (secondary N) is 2. The van der Waals surface area contributed by atoms with E-state index in [-0.39, 0.29) is 5.41 Å². The van der Waals surface area contributed by atoms with E-state index in [0.29, 0.717) is 12.5 Å². The molecule has 1 atom stereocenters. The first kappa shape index (κ1) is 16.3. The van der Waals surface area contributed by atoms with Gasteiger partial charge in [0.05, 0.1) is 0 Å². The summed E-state index contributed by atoms with van der Waals surface area (Å²) in [6.45, 7) is 6.60. The van der Waals surface area contributed by atoms with Crippen LogP contribution in [0.3, 0.4) is 0 Å². The Bertz CT molecular complexity index is 323. The van der Waals surface area contributed by atoms with Crippen LogP contribution in [-0.2, 0) is 4.79 Å². The van der Waals surface area contributed by atoms with Gasteiger partial charge in [-0.3, -0.25) is 10.1 Å². The zero-order chi connectivity index (χ0) is 14.5. The van der Waals surface area contributed by atoms with Crippen molar-refractivity contribution in [1.29, 1.82) is 0 Å². The van der Waals surface area contributed by atoms with E-state index in [9.17, 15) is 9.59 Å². The van der Waals surface area contributed by atoms with Crippen LogP contribution in [0.2, 0.25) is 0 Å². The molecule has 110 valence electrons. The quantitative estimate of drug-likeness (QED) is 0.764. The van der Waals surface area contributed by atoms with Gasteiger partial charge in [0.25, 0.3) is 0 Å². The number of rotatable bonds is 5. The van der Waals surface area contributed by atoms with Crippen molar-refractivity contribution in [3.05, 3.63) is 0 Å². The van der Waals surface area contributed by atoms with E-state index >= 15 is 0 Å². The molecule has 1 unspecified atom stereocenters. The second-order valence-corrected chi connectivity index (χ2v) is 6.75. The molecule has 0 aromatic heterocycles. The van der Waals surface area contributed by atoms with Crippen LogP contribution in [0.4, 0.5) is 4.79 Å². The highest BCUT2D eigenvalue weighted by molar-refractivity contribution is 6.31. The number of amides is 3. The Kier molecular flexibility index (Phi) is 6.11.